The minimum Gasteiger partial charge on any atom is -0.340 e. The summed E-state index contributed by atoms with van der Waals surface area (Å²) in [5.41, 5.74) is 4.70. The van der Waals surface area contributed by atoms with E-state index < -0.39 is 0 Å². The van der Waals surface area contributed by atoms with Gasteiger partial charge in [0.2, 0.25) is 5.95 Å². The van der Waals surface area contributed by atoms with E-state index in [4.69, 9.17) is 13.3 Å². The fourth-order valence-electron chi connectivity index (χ4n) is 2.71. The Morgan fingerprint density at radius 1 is 1.07 bits per heavy atom. The quantitative estimate of drug-likeness (QED) is 0.616. The summed E-state index contributed by atoms with van der Waals surface area (Å²) in [7, 11) is 0. The Morgan fingerprint density at radius 2 is 1.79 bits per heavy atom. The number of allylic oxidation sites excluding steroid dienone is 1. The molecule has 0 amide bonds. The van der Waals surface area contributed by atoms with Gasteiger partial charge in [0.05, 0.1) is 20.4 Å². The van der Waals surface area contributed by atoms with Gasteiger partial charge in [-0.05, 0) is 79.1 Å². The van der Waals surface area contributed by atoms with E-state index in [2.05, 4.69) is 26.7 Å². The minimum atomic E-state index is -0.215. The van der Waals surface area contributed by atoms with Crippen LogP contribution in [0.5, 0.6) is 0 Å². The molecule has 0 atom stereocenters. The van der Waals surface area contributed by atoms with Gasteiger partial charge in [-0.25, -0.2) is 4.98 Å². The van der Waals surface area contributed by atoms with Gasteiger partial charge in [0.1, 0.15) is 5.82 Å². The molecule has 0 aliphatic rings. The molecular formula is C22H18N6. The van der Waals surface area contributed by atoms with Gasteiger partial charge in [-0.1, -0.05) is 0 Å². The molecule has 6 nitrogen and oxygen atoms in total. The first kappa shape index (κ1) is 16.0. The van der Waals surface area contributed by atoms with Crippen LogP contribution < -0.4 is 10.6 Å². The van der Waals surface area contributed by atoms with Crippen LogP contribution in [0.15, 0.2) is 54.7 Å². The molecule has 3 rings (SSSR count). The molecule has 0 bridgehead atoms. The summed E-state index contributed by atoms with van der Waals surface area (Å²) >= 11 is 0. The normalized spacial score (nSPS) is 11.3. The summed E-state index contributed by atoms with van der Waals surface area (Å²) in [6.07, 6.45) is 2.93. The summed E-state index contributed by atoms with van der Waals surface area (Å²) in [6, 6.07) is 14.5. The zero-order valence-electron chi connectivity index (χ0n) is 17.4. The average molecular weight is 368 g/mol. The lowest BCUT2D eigenvalue weighted by Crippen LogP contribution is -2.02. The minimum absolute atomic E-state index is 0.118. The van der Waals surface area contributed by atoms with Gasteiger partial charge in [0, 0.05) is 23.6 Å². The smallest absolute Gasteiger partial charge is 0.229 e. The maximum Gasteiger partial charge on any atom is 0.229 e. The van der Waals surface area contributed by atoms with Crippen molar-refractivity contribution < 1.29 is 2.74 Å². The topological polar surface area (TPSA) is 97.4 Å². The van der Waals surface area contributed by atoms with Crippen LogP contribution in [0, 0.1) is 36.5 Å². The van der Waals surface area contributed by atoms with E-state index in [1.54, 1.807) is 30.3 Å². The maximum absolute atomic E-state index is 8.90. The van der Waals surface area contributed by atoms with Crippen molar-refractivity contribution in [3.05, 3.63) is 76.9 Å². The van der Waals surface area contributed by atoms with E-state index in [-0.39, 0.29) is 24.0 Å². The predicted octanol–water partition coefficient (Wildman–Crippen LogP) is 4.99. The molecule has 6 heteroatoms. The Labute approximate surface area is 166 Å². The fraction of sp³-hybridized carbons (Fsp3) is 0.0909. The van der Waals surface area contributed by atoms with Crippen molar-refractivity contribution in [3.8, 4) is 12.1 Å². The van der Waals surface area contributed by atoms with Crippen LogP contribution in [0.1, 0.15) is 25.0 Å². The first-order valence-corrected chi connectivity index (χ1v) is 8.48. The van der Waals surface area contributed by atoms with E-state index in [0.29, 0.717) is 11.3 Å². The number of nitriles is 2. The third-order valence-electron chi connectivity index (χ3n) is 3.97. The van der Waals surface area contributed by atoms with E-state index in [0.717, 1.165) is 22.4 Å². The summed E-state index contributed by atoms with van der Waals surface area (Å²) in [5.74, 6) is 0.379. The van der Waals surface area contributed by atoms with Crippen LogP contribution in [0.2, 0.25) is 0 Å². The molecule has 0 saturated carbocycles. The van der Waals surface area contributed by atoms with Gasteiger partial charge in [0.25, 0.3) is 0 Å². The molecule has 0 saturated heterocycles. The fourth-order valence-corrected chi connectivity index (χ4v) is 2.71. The van der Waals surface area contributed by atoms with Crippen molar-refractivity contribution >= 4 is 29.2 Å². The van der Waals surface area contributed by atoms with Crippen LogP contribution in [-0.4, -0.2) is 9.97 Å². The standard InChI is InChI=1S/C22H18N6/c1-15-12-18(4-3-10-23)13-16(2)21(15)27-20-9-11-25-22(28-20)26-19-7-5-17(14-24)6-8-19/h3-9,11-13H,1-2H3,(H2,25,26,27,28)/b4-3+/i9D,11D. The number of nitrogens with zero attached hydrogens (tertiary/aromatic N) is 4. The zero-order valence-corrected chi connectivity index (χ0v) is 15.4. The first-order valence-electron chi connectivity index (χ1n) is 9.48. The van der Waals surface area contributed by atoms with Crippen LogP contribution in [0.4, 0.5) is 23.1 Å². The summed E-state index contributed by atoms with van der Waals surface area (Å²) in [6.45, 7) is 3.84. The van der Waals surface area contributed by atoms with Crippen molar-refractivity contribution in [3.63, 3.8) is 0 Å². The molecule has 2 aromatic carbocycles. The van der Waals surface area contributed by atoms with Crippen LogP contribution >= 0.6 is 0 Å². The molecule has 1 aromatic heterocycles. The number of nitrogens with one attached hydrogen (secondary N) is 2. The lowest BCUT2D eigenvalue weighted by atomic mass is 10.0. The van der Waals surface area contributed by atoms with Crippen molar-refractivity contribution in [2.75, 3.05) is 10.6 Å². The molecule has 3 aromatic rings. The Balaban J connectivity index is 1.92. The van der Waals surface area contributed by atoms with Crippen molar-refractivity contribution in [1.29, 1.82) is 10.5 Å². The van der Waals surface area contributed by atoms with Gasteiger partial charge in [-0.15, -0.1) is 0 Å². The van der Waals surface area contributed by atoms with Crippen molar-refractivity contribution in [1.82, 2.24) is 9.97 Å². The van der Waals surface area contributed by atoms with E-state index in [9.17, 15) is 0 Å². The summed E-state index contributed by atoms with van der Waals surface area (Å²) < 4.78 is 16.2. The average Bonchev–Trinajstić information content (AvgIpc) is 2.73. The summed E-state index contributed by atoms with van der Waals surface area (Å²) in [5, 5.41) is 23.7. The van der Waals surface area contributed by atoms with Crippen LogP contribution in [0.25, 0.3) is 6.08 Å². The van der Waals surface area contributed by atoms with Crippen molar-refractivity contribution in [2.45, 2.75) is 13.8 Å². The van der Waals surface area contributed by atoms with Gasteiger partial charge in [-0.3, -0.25) is 0 Å². The highest BCUT2D eigenvalue weighted by Crippen LogP contribution is 2.26. The molecular weight excluding hydrogens is 348 g/mol. The molecule has 136 valence electrons. The lowest BCUT2D eigenvalue weighted by molar-refractivity contribution is 1.16. The SMILES string of the molecule is [2H]c1nc(Nc2ccc(C#N)cc2)nc(Nc2c(C)cc(/C=C/C#N)cc2C)c1[2H]. The molecule has 2 N–H and O–H groups in total. The van der Waals surface area contributed by atoms with Crippen LogP contribution in [-0.2, 0) is 0 Å². The van der Waals surface area contributed by atoms with Crippen molar-refractivity contribution in [2.24, 2.45) is 0 Å². The highest BCUT2D eigenvalue weighted by molar-refractivity contribution is 5.69. The number of hydrogen-bond acceptors (Lipinski definition) is 6. The molecule has 0 fully saturated rings. The highest BCUT2D eigenvalue weighted by atomic mass is 15.1. The number of benzene rings is 2. The predicted molar refractivity (Wildman–Crippen MR) is 110 cm³/mol. The second-order valence-corrected chi connectivity index (χ2v) is 6.06. The molecule has 0 radical (unpaired) electrons. The van der Waals surface area contributed by atoms with E-state index >= 15 is 0 Å². The van der Waals surface area contributed by atoms with Gasteiger partial charge in [-0.2, -0.15) is 15.5 Å². The molecule has 0 aliphatic heterocycles. The molecule has 0 unspecified atom stereocenters. The molecule has 1 heterocycles. The lowest BCUT2D eigenvalue weighted by Gasteiger charge is -2.14. The third-order valence-corrected chi connectivity index (χ3v) is 3.97. The van der Waals surface area contributed by atoms with Crippen LogP contribution in [0.3, 0.4) is 0 Å². The monoisotopic (exact) mass is 368 g/mol. The second kappa shape index (κ2) is 8.48. The van der Waals surface area contributed by atoms with Gasteiger partial charge < -0.3 is 10.6 Å². The van der Waals surface area contributed by atoms with Gasteiger partial charge in [0.15, 0.2) is 0 Å². The number of rotatable bonds is 5. The summed E-state index contributed by atoms with van der Waals surface area (Å²) in [4.78, 5) is 8.38. The molecule has 28 heavy (non-hydrogen) atoms. The zero-order chi connectivity index (χ0) is 21.7. The Bertz CT molecular complexity index is 1180. The maximum atomic E-state index is 8.90. The van der Waals surface area contributed by atoms with E-state index in [1.165, 1.54) is 6.08 Å². The number of anilines is 4. The first-order chi connectivity index (χ1) is 14.4. The van der Waals surface area contributed by atoms with Gasteiger partial charge >= 0.3 is 0 Å². The second-order valence-electron chi connectivity index (χ2n) is 6.06. The largest absolute Gasteiger partial charge is 0.340 e. The Morgan fingerprint density at radius 3 is 2.43 bits per heavy atom. The molecule has 0 spiro atoms. The highest BCUT2D eigenvalue weighted by Gasteiger charge is 2.07. The number of hydrogen-bond donors (Lipinski definition) is 2. The number of aromatic nitrogens is 2. The third kappa shape index (κ3) is 4.51. The Hall–Kier alpha value is -4.16. The number of aryl methyl sites for hydroxylation is 2. The molecule has 0 aliphatic carbocycles. The van der Waals surface area contributed by atoms with E-state index in [1.807, 2.05) is 32.0 Å². The Kier molecular flexibility index (Phi) is 4.86.